The van der Waals surface area contributed by atoms with Crippen LogP contribution in [-0.2, 0) is 11.3 Å². The van der Waals surface area contributed by atoms with Crippen molar-refractivity contribution in [2.75, 3.05) is 19.0 Å². The molecule has 0 fully saturated rings. The van der Waals surface area contributed by atoms with Crippen LogP contribution >= 0.6 is 0 Å². The summed E-state index contributed by atoms with van der Waals surface area (Å²) >= 11 is 0. The molecular formula is C24H26N2O3. The van der Waals surface area contributed by atoms with Crippen LogP contribution in [0.3, 0.4) is 0 Å². The second-order valence-corrected chi connectivity index (χ2v) is 6.70. The molecule has 0 radical (unpaired) electrons. The highest BCUT2D eigenvalue weighted by molar-refractivity contribution is 5.91. The van der Waals surface area contributed by atoms with Crippen LogP contribution in [0.15, 0.2) is 78.9 Å². The maximum atomic E-state index is 12.1. The van der Waals surface area contributed by atoms with Gasteiger partial charge in [-0.25, -0.2) is 0 Å². The number of benzene rings is 3. The first-order chi connectivity index (χ1) is 14.2. The number of rotatable bonds is 9. The lowest BCUT2D eigenvalue weighted by atomic mass is 10.1. The second-order valence-electron chi connectivity index (χ2n) is 6.70. The minimum Gasteiger partial charge on any atom is -0.493 e. The van der Waals surface area contributed by atoms with E-state index >= 15 is 0 Å². The lowest BCUT2D eigenvalue weighted by Crippen LogP contribution is -2.20. The van der Waals surface area contributed by atoms with Crippen LogP contribution < -0.4 is 20.1 Å². The predicted molar refractivity (Wildman–Crippen MR) is 115 cm³/mol. The fraction of sp³-hybridized carbons (Fsp3) is 0.208. The molecule has 1 amide bonds. The summed E-state index contributed by atoms with van der Waals surface area (Å²) in [6.07, 6.45) is 0. The highest BCUT2D eigenvalue weighted by Gasteiger charge is 2.10. The van der Waals surface area contributed by atoms with Crippen molar-refractivity contribution in [1.82, 2.24) is 5.32 Å². The third-order valence-electron chi connectivity index (χ3n) is 4.56. The SMILES string of the molecule is COc1cc(CN[C@@H](C)c2ccccc2)ccc1OCC(=O)Nc1ccccc1. The Hall–Kier alpha value is -3.31. The zero-order valence-corrected chi connectivity index (χ0v) is 16.7. The van der Waals surface area contributed by atoms with E-state index in [-0.39, 0.29) is 18.6 Å². The second kappa shape index (κ2) is 10.3. The molecule has 0 aromatic heterocycles. The predicted octanol–water partition coefficient (Wildman–Crippen LogP) is 4.56. The Labute approximate surface area is 171 Å². The van der Waals surface area contributed by atoms with Crippen molar-refractivity contribution in [2.24, 2.45) is 0 Å². The quantitative estimate of drug-likeness (QED) is 0.562. The summed E-state index contributed by atoms with van der Waals surface area (Å²) in [5, 5.41) is 6.30. The van der Waals surface area contributed by atoms with Crippen molar-refractivity contribution in [3.8, 4) is 11.5 Å². The average molecular weight is 390 g/mol. The summed E-state index contributed by atoms with van der Waals surface area (Å²) in [6.45, 7) is 2.74. The van der Waals surface area contributed by atoms with Crippen molar-refractivity contribution < 1.29 is 14.3 Å². The van der Waals surface area contributed by atoms with Gasteiger partial charge in [0.25, 0.3) is 5.91 Å². The molecule has 0 aliphatic heterocycles. The van der Waals surface area contributed by atoms with E-state index in [0.717, 1.165) is 11.3 Å². The van der Waals surface area contributed by atoms with Gasteiger partial charge in [-0.05, 0) is 42.3 Å². The van der Waals surface area contributed by atoms with Crippen LogP contribution in [0.4, 0.5) is 5.69 Å². The maximum absolute atomic E-state index is 12.1. The molecule has 0 aliphatic rings. The lowest BCUT2D eigenvalue weighted by molar-refractivity contribution is -0.118. The zero-order valence-electron chi connectivity index (χ0n) is 16.7. The van der Waals surface area contributed by atoms with Gasteiger partial charge in [0.2, 0.25) is 0 Å². The van der Waals surface area contributed by atoms with E-state index in [9.17, 15) is 4.79 Å². The molecule has 0 heterocycles. The third kappa shape index (κ3) is 6.09. The summed E-state index contributed by atoms with van der Waals surface area (Å²) in [7, 11) is 1.59. The molecule has 2 N–H and O–H groups in total. The number of nitrogens with one attached hydrogen (secondary N) is 2. The van der Waals surface area contributed by atoms with Gasteiger partial charge in [-0.1, -0.05) is 54.6 Å². The van der Waals surface area contributed by atoms with Crippen molar-refractivity contribution in [3.05, 3.63) is 90.0 Å². The van der Waals surface area contributed by atoms with E-state index in [2.05, 4.69) is 29.7 Å². The molecule has 3 aromatic carbocycles. The minimum atomic E-state index is -0.222. The van der Waals surface area contributed by atoms with Crippen LogP contribution in [-0.4, -0.2) is 19.6 Å². The monoisotopic (exact) mass is 390 g/mol. The average Bonchev–Trinajstić information content (AvgIpc) is 2.77. The number of hydrogen-bond donors (Lipinski definition) is 2. The van der Waals surface area contributed by atoms with E-state index in [0.29, 0.717) is 18.0 Å². The number of carbonyl (C=O) groups is 1. The molecular weight excluding hydrogens is 364 g/mol. The van der Waals surface area contributed by atoms with E-state index < -0.39 is 0 Å². The topological polar surface area (TPSA) is 59.6 Å². The van der Waals surface area contributed by atoms with Gasteiger partial charge in [-0.2, -0.15) is 0 Å². The smallest absolute Gasteiger partial charge is 0.262 e. The van der Waals surface area contributed by atoms with Crippen LogP contribution in [0.25, 0.3) is 0 Å². The fourth-order valence-corrected chi connectivity index (χ4v) is 2.93. The van der Waals surface area contributed by atoms with Crippen LogP contribution in [0.1, 0.15) is 24.1 Å². The first-order valence-electron chi connectivity index (χ1n) is 9.58. The first-order valence-corrected chi connectivity index (χ1v) is 9.58. The first kappa shape index (κ1) is 20.4. The number of para-hydroxylation sites is 1. The molecule has 5 nitrogen and oxygen atoms in total. The van der Waals surface area contributed by atoms with Crippen LogP contribution in [0.2, 0.25) is 0 Å². The van der Waals surface area contributed by atoms with Crippen LogP contribution in [0, 0.1) is 0 Å². The lowest BCUT2D eigenvalue weighted by Gasteiger charge is -2.16. The highest BCUT2D eigenvalue weighted by atomic mass is 16.5. The summed E-state index contributed by atoms with van der Waals surface area (Å²) in [5.74, 6) is 0.917. The van der Waals surface area contributed by atoms with Gasteiger partial charge in [-0.3, -0.25) is 4.79 Å². The summed E-state index contributed by atoms with van der Waals surface area (Å²) in [4.78, 5) is 12.1. The molecule has 0 saturated heterocycles. The number of hydrogen-bond acceptors (Lipinski definition) is 4. The molecule has 0 saturated carbocycles. The van der Waals surface area contributed by atoms with Gasteiger partial charge in [0.15, 0.2) is 18.1 Å². The molecule has 0 unspecified atom stereocenters. The highest BCUT2D eigenvalue weighted by Crippen LogP contribution is 2.28. The minimum absolute atomic E-state index is 0.0894. The van der Waals surface area contributed by atoms with E-state index in [1.807, 2.05) is 66.7 Å². The van der Waals surface area contributed by atoms with E-state index in [1.54, 1.807) is 7.11 Å². The molecule has 0 aliphatic carbocycles. The number of methoxy groups -OCH3 is 1. The third-order valence-corrected chi connectivity index (χ3v) is 4.56. The number of anilines is 1. The Bertz CT molecular complexity index is 914. The Morgan fingerprint density at radius 3 is 2.31 bits per heavy atom. The molecule has 0 spiro atoms. The van der Waals surface area contributed by atoms with Crippen molar-refractivity contribution in [1.29, 1.82) is 0 Å². The zero-order chi connectivity index (χ0) is 20.5. The Kier molecular flexibility index (Phi) is 7.25. The Morgan fingerprint density at radius 1 is 0.931 bits per heavy atom. The molecule has 0 bridgehead atoms. The normalized spacial score (nSPS) is 11.5. The summed E-state index contributed by atoms with van der Waals surface area (Å²) in [6, 6.07) is 25.6. The molecule has 5 heteroatoms. The molecule has 1 atom stereocenters. The number of ether oxygens (including phenoxy) is 2. The van der Waals surface area contributed by atoms with E-state index in [1.165, 1.54) is 5.56 Å². The maximum Gasteiger partial charge on any atom is 0.262 e. The van der Waals surface area contributed by atoms with Gasteiger partial charge in [0.1, 0.15) is 0 Å². The summed E-state index contributed by atoms with van der Waals surface area (Å²) in [5.41, 5.74) is 3.05. The van der Waals surface area contributed by atoms with Crippen molar-refractivity contribution in [2.45, 2.75) is 19.5 Å². The number of carbonyl (C=O) groups excluding carboxylic acids is 1. The van der Waals surface area contributed by atoms with Gasteiger partial charge < -0.3 is 20.1 Å². The molecule has 150 valence electrons. The summed E-state index contributed by atoms with van der Waals surface area (Å²) < 4.78 is 11.1. The van der Waals surface area contributed by atoms with Gasteiger partial charge in [0, 0.05) is 18.3 Å². The molecule has 29 heavy (non-hydrogen) atoms. The largest absolute Gasteiger partial charge is 0.493 e. The van der Waals surface area contributed by atoms with Crippen molar-refractivity contribution >= 4 is 11.6 Å². The Morgan fingerprint density at radius 2 is 1.62 bits per heavy atom. The van der Waals surface area contributed by atoms with Gasteiger partial charge >= 0.3 is 0 Å². The van der Waals surface area contributed by atoms with Crippen molar-refractivity contribution in [3.63, 3.8) is 0 Å². The van der Waals surface area contributed by atoms with Crippen LogP contribution in [0.5, 0.6) is 11.5 Å². The Balaban J connectivity index is 1.55. The molecule has 3 aromatic rings. The fourth-order valence-electron chi connectivity index (χ4n) is 2.93. The number of amides is 1. The van der Waals surface area contributed by atoms with Gasteiger partial charge in [0.05, 0.1) is 7.11 Å². The standard InChI is InChI=1S/C24H26N2O3/c1-18(20-9-5-3-6-10-20)25-16-19-13-14-22(23(15-19)28-2)29-17-24(27)26-21-11-7-4-8-12-21/h3-15,18,25H,16-17H2,1-2H3,(H,26,27)/t18-/m0/s1. The van der Waals surface area contributed by atoms with Gasteiger partial charge in [-0.15, -0.1) is 0 Å². The molecule has 3 rings (SSSR count). The van der Waals surface area contributed by atoms with E-state index in [4.69, 9.17) is 9.47 Å².